The van der Waals surface area contributed by atoms with E-state index in [0.29, 0.717) is 17.1 Å². The van der Waals surface area contributed by atoms with Gasteiger partial charge in [-0.2, -0.15) is 0 Å². The molecule has 4 nitrogen and oxygen atoms in total. The summed E-state index contributed by atoms with van der Waals surface area (Å²) in [7, 11) is 0. The molecule has 0 spiro atoms. The SMILES string of the molecule is Nc1cc2c(cc1Nc1c(F)cccc1F)NC(=O)C2. The third kappa shape index (κ3) is 2.05. The van der Waals surface area contributed by atoms with E-state index in [1.807, 2.05) is 0 Å². The average molecular weight is 275 g/mol. The van der Waals surface area contributed by atoms with E-state index < -0.39 is 11.6 Å². The summed E-state index contributed by atoms with van der Waals surface area (Å²) in [5.74, 6) is -1.56. The van der Waals surface area contributed by atoms with Gasteiger partial charge in [-0.25, -0.2) is 8.78 Å². The molecule has 0 atom stereocenters. The number of fused-ring (bicyclic) bond motifs is 1. The summed E-state index contributed by atoms with van der Waals surface area (Å²) >= 11 is 0. The van der Waals surface area contributed by atoms with Crippen molar-refractivity contribution in [3.63, 3.8) is 0 Å². The lowest BCUT2D eigenvalue weighted by molar-refractivity contribution is -0.115. The first kappa shape index (κ1) is 12.4. The van der Waals surface area contributed by atoms with Crippen LogP contribution in [-0.4, -0.2) is 5.91 Å². The minimum absolute atomic E-state index is 0.131. The quantitative estimate of drug-likeness (QED) is 0.738. The predicted molar refractivity (Wildman–Crippen MR) is 72.8 cm³/mol. The number of para-hydroxylation sites is 1. The summed E-state index contributed by atoms with van der Waals surface area (Å²) in [5, 5.41) is 5.29. The van der Waals surface area contributed by atoms with Crippen molar-refractivity contribution < 1.29 is 13.6 Å². The zero-order chi connectivity index (χ0) is 14.3. The Bertz CT molecular complexity index is 696. The molecule has 0 aromatic heterocycles. The van der Waals surface area contributed by atoms with Crippen LogP contribution in [0.3, 0.4) is 0 Å². The smallest absolute Gasteiger partial charge is 0.228 e. The summed E-state index contributed by atoms with van der Waals surface area (Å²) in [4.78, 5) is 11.3. The van der Waals surface area contributed by atoms with Gasteiger partial charge in [-0.1, -0.05) is 6.07 Å². The second-order valence-corrected chi connectivity index (χ2v) is 4.54. The molecule has 4 N–H and O–H groups in total. The molecule has 0 aliphatic carbocycles. The van der Waals surface area contributed by atoms with E-state index in [1.54, 1.807) is 12.1 Å². The molecule has 2 aromatic rings. The van der Waals surface area contributed by atoms with E-state index >= 15 is 0 Å². The molecule has 6 heteroatoms. The minimum atomic E-state index is -0.714. The fourth-order valence-electron chi connectivity index (χ4n) is 2.15. The van der Waals surface area contributed by atoms with Gasteiger partial charge in [0.25, 0.3) is 0 Å². The maximum atomic E-state index is 13.6. The Morgan fingerprint density at radius 3 is 2.60 bits per heavy atom. The summed E-state index contributed by atoms with van der Waals surface area (Å²) in [6.07, 6.45) is 0.258. The highest BCUT2D eigenvalue weighted by molar-refractivity contribution is 6.01. The molecular formula is C14H11F2N3O. The Balaban J connectivity index is 2.00. The van der Waals surface area contributed by atoms with Crippen LogP contribution in [0.15, 0.2) is 30.3 Å². The number of hydrogen-bond acceptors (Lipinski definition) is 3. The van der Waals surface area contributed by atoms with Crippen LogP contribution in [-0.2, 0) is 11.2 Å². The first-order valence-corrected chi connectivity index (χ1v) is 5.98. The second kappa shape index (κ2) is 4.48. The number of halogens is 2. The summed E-state index contributed by atoms with van der Waals surface area (Å²) in [6.45, 7) is 0. The van der Waals surface area contributed by atoms with E-state index in [0.717, 1.165) is 17.7 Å². The van der Waals surface area contributed by atoms with Crippen LogP contribution in [0.4, 0.5) is 31.5 Å². The third-order valence-electron chi connectivity index (χ3n) is 3.12. The van der Waals surface area contributed by atoms with Gasteiger partial charge in [0.05, 0.1) is 17.8 Å². The topological polar surface area (TPSA) is 67.2 Å². The van der Waals surface area contributed by atoms with Crippen molar-refractivity contribution in [3.05, 3.63) is 47.5 Å². The van der Waals surface area contributed by atoms with Crippen molar-refractivity contribution in [1.29, 1.82) is 0 Å². The molecule has 1 aliphatic rings. The zero-order valence-corrected chi connectivity index (χ0v) is 10.3. The van der Waals surface area contributed by atoms with Gasteiger partial charge in [0.15, 0.2) is 0 Å². The van der Waals surface area contributed by atoms with Gasteiger partial charge in [-0.3, -0.25) is 4.79 Å². The normalized spacial score (nSPS) is 13.0. The lowest BCUT2D eigenvalue weighted by atomic mass is 10.1. The maximum absolute atomic E-state index is 13.6. The molecule has 1 aliphatic heterocycles. The number of carbonyl (C=O) groups is 1. The molecular weight excluding hydrogens is 264 g/mol. The lowest BCUT2D eigenvalue weighted by Gasteiger charge is -2.12. The summed E-state index contributed by atoms with van der Waals surface area (Å²) < 4.78 is 27.2. The van der Waals surface area contributed by atoms with Gasteiger partial charge < -0.3 is 16.4 Å². The van der Waals surface area contributed by atoms with Crippen LogP contribution in [0.5, 0.6) is 0 Å². The molecule has 1 amide bonds. The standard InChI is InChI=1S/C14H11F2N3O/c15-8-2-1-3-9(16)14(8)19-12-6-11-7(4-10(12)17)5-13(20)18-11/h1-4,6,19H,5,17H2,(H,18,20). The molecule has 0 unspecified atom stereocenters. The largest absolute Gasteiger partial charge is 0.397 e. The number of anilines is 4. The molecule has 2 aromatic carbocycles. The average Bonchev–Trinajstić information content (AvgIpc) is 2.73. The van der Waals surface area contributed by atoms with Gasteiger partial charge in [0.1, 0.15) is 17.3 Å². The monoisotopic (exact) mass is 275 g/mol. The van der Waals surface area contributed by atoms with Crippen LogP contribution >= 0.6 is 0 Å². The van der Waals surface area contributed by atoms with Gasteiger partial charge in [0.2, 0.25) is 5.91 Å². The fraction of sp³-hybridized carbons (Fsp3) is 0.0714. The Kier molecular flexibility index (Phi) is 2.78. The fourth-order valence-corrected chi connectivity index (χ4v) is 2.15. The number of nitrogens with two attached hydrogens (primary N) is 1. The van der Waals surface area contributed by atoms with Crippen molar-refractivity contribution in [3.8, 4) is 0 Å². The highest BCUT2D eigenvalue weighted by atomic mass is 19.1. The Labute approximate surface area is 113 Å². The van der Waals surface area contributed by atoms with E-state index in [-0.39, 0.29) is 18.0 Å². The number of nitrogen functional groups attached to an aromatic ring is 1. The third-order valence-corrected chi connectivity index (χ3v) is 3.12. The molecule has 0 saturated heterocycles. The molecule has 0 radical (unpaired) electrons. The molecule has 0 bridgehead atoms. The summed E-state index contributed by atoms with van der Waals surface area (Å²) in [5.41, 5.74) is 7.60. The molecule has 1 heterocycles. The van der Waals surface area contributed by atoms with Crippen LogP contribution in [0.2, 0.25) is 0 Å². The van der Waals surface area contributed by atoms with E-state index in [4.69, 9.17) is 5.73 Å². The molecule has 0 fully saturated rings. The number of rotatable bonds is 2. The Hall–Kier alpha value is -2.63. The Morgan fingerprint density at radius 2 is 1.90 bits per heavy atom. The van der Waals surface area contributed by atoms with Crippen LogP contribution in [0.25, 0.3) is 0 Å². The molecule has 0 saturated carbocycles. The molecule has 3 rings (SSSR count). The van der Waals surface area contributed by atoms with E-state index in [1.165, 1.54) is 6.07 Å². The summed E-state index contributed by atoms with van der Waals surface area (Å²) in [6, 6.07) is 6.77. The van der Waals surface area contributed by atoms with Crippen LogP contribution in [0.1, 0.15) is 5.56 Å². The van der Waals surface area contributed by atoms with Crippen molar-refractivity contribution in [1.82, 2.24) is 0 Å². The number of amides is 1. The van der Waals surface area contributed by atoms with Crippen molar-refractivity contribution in [2.75, 3.05) is 16.4 Å². The van der Waals surface area contributed by atoms with Gasteiger partial charge in [0, 0.05) is 5.69 Å². The van der Waals surface area contributed by atoms with E-state index in [2.05, 4.69) is 10.6 Å². The van der Waals surface area contributed by atoms with Crippen molar-refractivity contribution >= 4 is 28.7 Å². The zero-order valence-electron chi connectivity index (χ0n) is 10.3. The number of carbonyl (C=O) groups excluding carboxylic acids is 1. The number of hydrogen-bond donors (Lipinski definition) is 3. The van der Waals surface area contributed by atoms with Crippen LogP contribution in [0, 0.1) is 11.6 Å². The lowest BCUT2D eigenvalue weighted by Crippen LogP contribution is -2.04. The second-order valence-electron chi connectivity index (χ2n) is 4.54. The highest BCUT2D eigenvalue weighted by Gasteiger charge is 2.20. The van der Waals surface area contributed by atoms with Gasteiger partial charge >= 0.3 is 0 Å². The Morgan fingerprint density at radius 1 is 1.20 bits per heavy atom. The predicted octanol–water partition coefficient (Wildman–Crippen LogP) is 2.79. The number of benzene rings is 2. The molecule has 102 valence electrons. The van der Waals surface area contributed by atoms with Crippen molar-refractivity contribution in [2.45, 2.75) is 6.42 Å². The first-order valence-electron chi connectivity index (χ1n) is 5.98. The van der Waals surface area contributed by atoms with E-state index in [9.17, 15) is 13.6 Å². The highest BCUT2D eigenvalue weighted by Crippen LogP contribution is 2.34. The first-order chi connectivity index (χ1) is 9.54. The maximum Gasteiger partial charge on any atom is 0.228 e. The van der Waals surface area contributed by atoms with Crippen molar-refractivity contribution in [2.24, 2.45) is 0 Å². The van der Waals surface area contributed by atoms with Crippen LogP contribution < -0.4 is 16.4 Å². The number of nitrogens with one attached hydrogen (secondary N) is 2. The minimum Gasteiger partial charge on any atom is -0.397 e. The van der Waals surface area contributed by atoms with Gasteiger partial charge in [-0.05, 0) is 29.8 Å². The molecule has 20 heavy (non-hydrogen) atoms. The van der Waals surface area contributed by atoms with Gasteiger partial charge in [-0.15, -0.1) is 0 Å².